The summed E-state index contributed by atoms with van der Waals surface area (Å²) in [5, 5.41) is 16.4. The Morgan fingerprint density at radius 1 is 1.18 bits per heavy atom. The van der Waals surface area contributed by atoms with Gasteiger partial charge in [-0.2, -0.15) is 0 Å². The summed E-state index contributed by atoms with van der Waals surface area (Å²) in [5.41, 5.74) is 9.47. The number of piperidine rings is 1. The first-order valence-electron chi connectivity index (χ1n) is 10.6. The summed E-state index contributed by atoms with van der Waals surface area (Å²) >= 11 is 0. The molecule has 0 aromatic heterocycles. The van der Waals surface area contributed by atoms with E-state index in [0.29, 0.717) is 24.4 Å². The number of halogens is 2. The molecule has 2 amide bonds. The van der Waals surface area contributed by atoms with Crippen LogP contribution in [-0.4, -0.2) is 36.3 Å². The molecule has 180 valence electrons. The van der Waals surface area contributed by atoms with E-state index in [-0.39, 0.29) is 48.5 Å². The molecule has 1 aliphatic heterocycles. The van der Waals surface area contributed by atoms with Crippen molar-refractivity contribution in [3.05, 3.63) is 70.8 Å². The van der Waals surface area contributed by atoms with Crippen LogP contribution in [0, 0.1) is 12.3 Å². The molecule has 6 N–H and O–H groups in total. The first-order chi connectivity index (χ1) is 14.8. The van der Waals surface area contributed by atoms with Crippen molar-refractivity contribution in [1.29, 1.82) is 5.41 Å². The van der Waals surface area contributed by atoms with Gasteiger partial charge in [-0.3, -0.25) is 15.0 Å². The van der Waals surface area contributed by atoms with Crippen LogP contribution in [0.3, 0.4) is 0 Å². The van der Waals surface area contributed by atoms with Gasteiger partial charge >= 0.3 is 0 Å². The van der Waals surface area contributed by atoms with Gasteiger partial charge in [0.1, 0.15) is 11.9 Å². The summed E-state index contributed by atoms with van der Waals surface area (Å²) in [6.45, 7) is 4.88. The number of amidine groups is 1. The molecule has 2 aromatic rings. The van der Waals surface area contributed by atoms with Gasteiger partial charge in [-0.05, 0) is 50.3 Å². The predicted octanol–water partition coefficient (Wildman–Crippen LogP) is 2.78. The zero-order valence-electron chi connectivity index (χ0n) is 18.9. The van der Waals surface area contributed by atoms with Gasteiger partial charge in [0.15, 0.2) is 0 Å². The molecular weight excluding hydrogens is 461 g/mol. The standard InChI is InChI=1S/C24H31N5O2.2ClH/c1-15-4-3-5-19(12-15)20-10-11-27-21(13-20)24(31)29-16(2)23(30)28-14-17-6-8-18(9-7-17)22(25)26;;/h3-9,12,16,20-21,27H,10-11,13-14H2,1-2H3,(H3,25,26)(H,28,30)(H,29,31);2*1H/t16-,20-,21+;;/m0../s1. The summed E-state index contributed by atoms with van der Waals surface area (Å²) in [6, 6.07) is 14.6. The Labute approximate surface area is 207 Å². The number of hydrogen-bond donors (Lipinski definition) is 5. The predicted molar refractivity (Wildman–Crippen MR) is 136 cm³/mol. The molecule has 0 unspecified atom stereocenters. The zero-order valence-corrected chi connectivity index (χ0v) is 20.5. The second-order valence-electron chi connectivity index (χ2n) is 8.20. The van der Waals surface area contributed by atoms with E-state index in [0.717, 1.165) is 18.5 Å². The maximum atomic E-state index is 12.7. The number of rotatable bonds is 7. The Balaban J connectivity index is 0.00000272. The maximum absolute atomic E-state index is 12.7. The average molecular weight is 494 g/mol. The minimum absolute atomic E-state index is 0. The number of nitrogens with two attached hydrogens (primary N) is 1. The van der Waals surface area contributed by atoms with Crippen molar-refractivity contribution in [1.82, 2.24) is 16.0 Å². The van der Waals surface area contributed by atoms with E-state index in [1.807, 2.05) is 12.1 Å². The molecule has 0 radical (unpaired) electrons. The fourth-order valence-electron chi connectivity index (χ4n) is 3.87. The van der Waals surface area contributed by atoms with Crippen LogP contribution < -0.4 is 21.7 Å². The minimum Gasteiger partial charge on any atom is -0.384 e. The molecule has 9 heteroatoms. The zero-order chi connectivity index (χ0) is 22.4. The highest BCUT2D eigenvalue weighted by Gasteiger charge is 2.29. The molecule has 1 heterocycles. The second-order valence-corrected chi connectivity index (χ2v) is 8.20. The third kappa shape index (κ3) is 8.03. The number of aryl methyl sites for hydroxylation is 1. The lowest BCUT2D eigenvalue weighted by atomic mass is 9.85. The van der Waals surface area contributed by atoms with Crippen molar-refractivity contribution < 1.29 is 9.59 Å². The van der Waals surface area contributed by atoms with Crippen LogP contribution in [0.1, 0.15) is 47.9 Å². The molecule has 0 spiro atoms. The average Bonchev–Trinajstić information content (AvgIpc) is 2.77. The molecule has 7 nitrogen and oxygen atoms in total. The highest BCUT2D eigenvalue weighted by atomic mass is 35.5. The lowest BCUT2D eigenvalue weighted by Gasteiger charge is -2.30. The first kappa shape index (κ1) is 28.4. The highest BCUT2D eigenvalue weighted by molar-refractivity contribution is 5.95. The second kappa shape index (κ2) is 13.2. The monoisotopic (exact) mass is 493 g/mol. The van der Waals surface area contributed by atoms with E-state index in [2.05, 4.69) is 47.1 Å². The molecular formula is C24H33Cl2N5O2. The van der Waals surface area contributed by atoms with Gasteiger partial charge in [-0.15, -0.1) is 24.8 Å². The van der Waals surface area contributed by atoms with E-state index < -0.39 is 6.04 Å². The number of hydrogen-bond acceptors (Lipinski definition) is 4. The van der Waals surface area contributed by atoms with Gasteiger partial charge in [0.05, 0.1) is 6.04 Å². The van der Waals surface area contributed by atoms with Crippen molar-refractivity contribution in [2.75, 3.05) is 6.54 Å². The molecule has 0 saturated carbocycles. The lowest BCUT2D eigenvalue weighted by molar-refractivity contribution is -0.130. The minimum atomic E-state index is -0.634. The number of carbonyl (C=O) groups is 2. The molecule has 1 saturated heterocycles. The number of benzene rings is 2. The fraction of sp³-hybridized carbons (Fsp3) is 0.375. The van der Waals surface area contributed by atoms with Crippen molar-refractivity contribution in [2.45, 2.75) is 51.2 Å². The quantitative estimate of drug-likeness (QED) is 0.300. The molecule has 33 heavy (non-hydrogen) atoms. The van der Waals surface area contributed by atoms with Crippen LogP contribution in [0.4, 0.5) is 0 Å². The van der Waals surface area contributed by atoms with Gasteiger partial charge in [-0.25, -0.2) is 0 Å². The van der Waals surface area contributed by atoms with Crippen molar-refractivity contribution in [2.24, 2.45) is 5.73 Å². The highest BCUT2D eigenvalue weighted by Crippen LogP contribution is 2.28. The molecule has 3 rings (SSSR count). The van der Waals surface area contributed by atoms with Gasteiger partial charge in [0, 0.05) is 12.1 Å². The van der Waals surface area contributed by atoms with Gasteiger partial charge in [0.2, 0.25) is 11.8 Å². The summed E-state index contributed by atoms with van der Waals surface area (Å²) in [7, 11) is 0. The lowest BCUT2D eigenvalue weighted by Crippen LogP contribution is -2.53. The summed E-state index contributed by atoms with van der Waals surface area (Å²) in [6.07, 6.45) is 1.71. The van der Waals surface area contributed by atoms with Crippen LogP contribution >= 0.6 is 24.8 Å². The molecule has 3 atom stereocenters. The molecule has 1 aliphatic rings. The largest absolute Gasteiger partial charge is 0.384 e. The van der Waals surface area contributed by atoms with E-state index in [9.17, 15) is 9.59 Å². The Morgan fingerprint density at radius 2 is 1.88 bits per heavy atom. The first-order valence-corrected chi connectivity index (χ1v) is 10.6. The Morgan fingerprint density at radius 3 is 2.52 bits per heavy atom. The van der Waals surface area contributed by atoms with Gasteiger partial charge in [0.25, 0.3) is 0 Å². The smallest absolute Gasteiger partial charge is 0.242 e. The van der Waals surface area contributed by atoms with Gasteiger partial charge in [-0.1, -0.05) is 54.1 Å². The topological polar surface area (TPSA) is 120 Å². The summed E-state index contributed by atoms with van der Waals surface area (Å²) in [5.74, 6) is -0.0484. The summed E-state index contributed by atoms with van der Waals surface area (Å²) in [4.78, 5) is 25.2. The Bertz CT molecular complexity index is 952. The number of nitrogens with one attached hydrogen (secondary N) is 4. The number of nitrogen functional groups attached to an aromatic ring is 1. The fourth-order valence-corrected chi connectivity index (χ4v) is 3.87. The third-order valence-corrected chi connectivity index (χ3v) is 5.72. The van der Waals surface area contributed by atoms with E-state index in [4.69, 9.17) is 11.1 Å². The molecule has 0 bridgehead atoms. The number of amides is 2. The van der Waals surface area contributed by atoms with Crippen LogP contribution in [0.5, 0.6) is 0 Å². The van der Waals surface area contributed by atoms with E-state index in [1.165, 1.54) is 11.1 Å². The van der Waals surface area contributed by atoms with E-state index in [1.54, 1.807) is 19.1 Å². The number of carbonyl (C=O) groups excluding carboxylic acids is 2. The molecule has 2 aromatic carbocycles. The molecule has 0 aliphatic carbocycles. The van der Waals surface area contributed by atoms with Crippen LogP contribution in [0.25, 0.3) is 0 Å². The van der Waals surface area contributed by atoms with Crippen LogP contribution in [0.15, 0.2) is 48.5 Å². The summed E-state index contributed by atoms with van der Waals surface area (Å²) < 4.78 is 0. The van der Waals surface area contributed by atoms with E-state index >= 15 is 0 Å². The Hall–Kier alpha value is -2.61. The van der Waals surface area contributed by atoms with Crippen molar-refractivity contribution in [3.63, 3.8) is 0 Å². The SMILES string of the molecule is Cc1cccc([C@H]2CCN[C@@H](C(=O)N[C@@H](C)C(=O)NCc3ccc(C(=N)N)cc3)C2)c1.Cl.Cl. The van der Waals surface area contributed by atoms with Crippen LogP contribution in [-0.2, 0) is 16.1 Å². The molecule has 1 fully saturated rings. The third-order valence-electron chi connectivity index (χ3n) is 5.72. The van der Waals surface area contributed by atoms with Crippen molar-refractivity contribution >= 4 is 42.5 Å². The van der Waals surface area contributed by atoms with Gasteiger partial charge < -0.3 is 21.7 Å². The maximum Gasteiger partial charge on any atom is 0.242 e. The van der Waals surface area contributed by atoms with Crippen molar-refractivity contribution in [3.8, 4) is 0 Å². The normalized spacial score (nSPS) is 18.1. The Kier molecular flexibility index (Phi) is 11.4. The van der Waals surface area contributed by atoms with Crippen LogP contribution in [0.2, 0.25) is 0 Å².